The first-order valence-corrected chi connectivity index (χ1v) is 5.07. The van der Waals surface area contributed by atoms with E-state index in [0.717, 1.165) is 0 Å². The minimum atomic E-state index is 0.131. The molecule has 0 aromatic rings. The maximum atomic E-state index is 11.6. The van der Waals surface area contributed by atoms with Crippen molar-refractivity contribution < 1.29 is 4.79 Å². The van der Waals surface area contributed by atoms with E-state index in [9.17, 15) is 4.79 Å². The van der Waals surface area contributed by atoms with E-state index in [2.05, 4.69) is 0 Å². The number of carbonyl (C=O) groups excluding carboxylic acids is 1. The lowest BCUT2D eigenvalue weighted by molar-refractivity contribution is 0.150. The highest BCUT2D eigenvalue weighted by atomic mass is 16.2. The lowest BCUT2D eigenvalue weighted by atomic mass is 9.95. The molecule has 2 amide bonds. The normalized spacial score (nSPS) is 18.4. The molecule has 0 N–H and O–H groups in total. The van der Waals surface area contributed by atoms with E-state index < -0.39 is 0 Å². The predicted molar refractivity (Wildman–Crippen MR) is 53.7 cm³/mol. The lowest BCUT2D eigenvalue weighted by Crippen LogP contribution is -2.43. The van der Waals surface area contributed by atoms with E-state index in [0.29, 0.717) is 6.04 Å². The van der Waals surface area contributed by atoms with Gasteiger partial charge in [0.05, 0.1) is 0 Å². The van der Waals surface area contributed by atoms with Crippen molar-refractivity contribution in [2.75, 3.05) is 21.1 Å². The van der Waals surface area contributed by atoms with Gasteiger partial charge in [-0.25, -0.2) is 4.79 Å². The summed E-state index contributed by atoms with van der Waals surface area (Å²) in [7, 11) is 5.53. The van der Waals surface area contributed by atoms with Crippen molar-refractivity contribution in [3.8, 4) is 0 Å². The number of hydrogen-bond donors (Lipinski definition) is 0. The van der Waals surface area contributed by atoms with Crippen LogP contribution in [0.25, 0.3) is 0 Å². The summed E-state index contributed by atoms with van der Waals surface area (Å²) in [6, 6.07) is 0.607. The van der Waals surface area contributed by atoms with E-state index in [-0.39, 0.29) is 6.03 Å². The second-order valence-electron chi connectivity index (χ2n) is 4.08. The molecule has 0 atom stereocenters. The zero-order valence-corrected chi connectivity index (χ0v) is 8.92. The van der Waals surface area contributed by atoms with Crippen LogP contribution in [0.5, 0.6) is 0 Å². The zero-order chi connectivity index (χ0) is 9.84. The van der Waals surface area contributed by atoms with Crippen LogP contribution in [0.15, 0.2) is 0 Å². The van der Waals surface area contributed by atoms with Crippen molar-refractivity contribution in [3.63, 3.8) is 0 Å². The van der Waals surface area contributed by atoms with E-state index in [1.165, 1.54) is 32.1 Å². The number of amides is 2. The molecule has 0 radical (unpaired) electrons. The summed E-state index contributed by atoms with van der Waals surface area (Å²) in [5.41, 5.74) is 0. The van der Waals surface area contributed by atoms with Crippen LogP contribution in [-0.2, 0) is 0 Å². The summed E-state index contributed by atoms with van der Waals surface area (Å²) in [4.78, 5) is 15.1. The van der Waals surface area contributed by atoms with E-state index in [1.807, 2.05) is 26.0 Å². The Hall–Kier alpha value is -0.730. The van der Waals surface area contributed by atoms with Gasteiger partial charge >= 0.3 is 6.03 Å². The molecule has 1 rings (SSSR count). The van der Waals surface area contributed by atoms with Gasteiger partial charge < -0.3 is 9.80 Å². The van der Waals surface area contributed by atoms with Gasteiger partial charge in [0.2, 0.25) is 0 Å². The summed E-state index contributed by atoms with van der Waals surface area (Å²) >= 11 is 0. The summed E-state index contributed by atoms with van der Waals surface area (Å²) < 4.78 is 0. The van der Waals surface area contributed by atoms with Gasteiger partial charge in [-0.3, -0.25) is 0 Å². The highest BCUT2D eigenvalue weighted by molar-refractivity contribution is 5.73. The molecule has 1 fully saturated rings. The zero-order valence-electron chi connectivity index (χ0n) is 8.92. The van der Waals surface area contributed by atoms with Crippen LogP contribution in [0.3, 0.4) is 0 Å². The highest BCUT2D eigenvalue weighted by Crippen LogP contribution is 2.21. The topological polar surface area (TPSA) is 23.6 Å². The Bertz CT molecular complexity index is 174. The smallest absolute Gasteiger partial charge is 0.319 e. The first kappa shape index (κ1) is 10.4. The van der Waals surface area contributed by atoms with Crippen LogP contribution in [0.4, 0.5) is 4.79 Å². The van der Waals surface area contributed by atoms with Crippen LogP contribution in [0.2, 0.25) is 0 Å². The third kappa shape index (κ3) is 2.61. The molecule has 0 aromatic heterocycles. The van der Waals surface area contributed by atoms with Crippen LogP contribution in [-0.4, -0.2) is 43.0 Å². The van der Waals surface area contributed by atoms with Gasteiger partial charge in [0.15, 0.2) is 0 Å². The first-order valence-electron chi connectivity index (χ1n) is 5.07. The molecule has 0 aliphatic heterocycles. The Labute approximate surface area is 80.7 Å². The lowest BCUT2D eigenvalue weighted by Gasteiger charge is -2.32. The van der Waals surface area contributed by atoms with Gasteiger partial charge in [0.1, 0.15) is 0 Å². The van der Waals surface area contributed by atoms with Crippen molar-refractivity contribution >= 4 is 6.03 Å². The number of urea groups is 1. The van der Waals surface area contributed by atoms with Crippen LogP contribution in [0, 0.1) is 0 Å². The Morgan fingerprint density at radius 3 is 2.08 bits per heavy atom. The van der Waals surface area contributed by atoms with Crippen LogP contribution >= 0.6 is 0 Å². The Morgan fingerprint density at radius 1 is 1.08 bits per heavy atom. The van der Waals surface area contributed by atoms with Gasteiger partial charge in [0, 0.05) is 27.2 Å². The van der Waals surface area contributed by atoms with E-state index >= 15 is 0 Å². The molecular weight excluding hydrogens is 164 g/mol. The SMILES string of the molecule is CN(C)C(=O)N(C)C1CCCCC1. The standard InChI is InChI=1S/C10H20N2O/c1-11(2)10(13)12(3)9-7-5-4-6-8-9/h9H,4-8H2,1-3H3. The molecule has 1 aliphatic carbocycles. The Morgan fingerprint density at radius 2 is 1.62 bits per heavy atom. The van der Waals surface area contributed by atoms with E-state index in [1.54, 1.807) is 4.90 Å². The van der Waals surface area contributed by atoms with Crippen molar-refractivity contribution in [2.45, 2.75) is 38.1 Å². The van der Waals surface area contributed by atoms with Crippen molar-refractivity contribution in [2.24, 2.45) is 0 Å². The van der Waals surface area contributed by atoms with Gasteiger partial charge in [-0.05, 0) is 12.8 Å². The van der Waals surface area contributed by atoms with Gasteiger partial charge in [-0.15, -0.1) is 0 Å². The average molecular weight is 184 g/mol. The van der Waals surface area contributed by atoms with Crippen LogP contribution < -0.4 is 0 Å². The molecule has 0 heterocycles. The summed E-state index contributed by atoms with van der Waals surface area (Å²) in [5.74, 6) is 0. The predicted octanol–water partition coefficient (Wildman–Crippen LogP) is 1.93. The minimum Gasteiger partial charge on any atom is -0.331 e. The number of rotatable bonds is 1. The molecule has 0 unspecified atom stereocenters. The maximum Gasteiger partial charge on any atom is 0.319 e. The fourth-order valence-corrected chi connectivity index (χ4v) is 1.94. The van der Waals surface area contributed by atoms with Gasteiger partial charge in [-0.1, -0.05) is 19.3 Å². The molecule has 76 valence electrons. The molecule has 13 heavy (non-hydrogen) atoms. The second kappa shape index (κ2) is 4.49. The van der Waals surface area contributed by atoms with Crippen LogP contribution in [0.1, 0.15) is 32.1 Å². The molecule has 0 bridgehead atoms. The fraction of sp³-hybridized carbons (Fsp3) is 0.900. The number of carbonyl (C=O) groups is 1. The molecule has 0 saturated heterocycles. The highest BCUT2D eigenvalue weighted by Gasteiger charge is 2.22. The van der Waals surface area contributed by atoms with Crippen molar-refractivity contribution in [1.82, 2.24) is 9.80 Å². The third-order valence-corrected chi connectivity index (χ3v) is 2.81. The fourth-order valence-electron chi connectivity index (χ4n) is 1.94. The van der Waals surface area contributed by atoms with Gasteiger partial charge in [0.25, 0.3) is 0 Å². The first-order chi connectivity index (χ1) is 6.13. The number of hydrogen-bond acceptors (Lipinski definition) is 1. The molecule has 1 aliphatic rings. The quantitative estimate of drug-likeness (QED) is 0.611. The average Bonchev–Trinajstić information content (AvgIpc) is 2.17. The molecule has 1 saturated carbocycles. The summed E-state index contributed by atoms with van der Waals surface area (Å²) in [6.07, 6.45) is 6.23. The molecule has 3 heteroatoms. The summed E-state index contributed by atoms with van der Waals surface area (Å²) in [5, 5.41) is 0. The molecule has 0 aromatic carbocycles. The second-order valence-corrected chi connectivity index (χ2v) is 4.08. The maximum absolute atomic E-state index is 11.6. The number of nitrogens with zero attached hydrogens (tertiary/aromatic N) is 2. The molecule has 3 nitrogen and oxygen atoms in total. The molecule has 0 spiro atoms. The monoisotopic (exact) mass is 184 g/mol. The molecular formula is C10H20N2O. The van der Waals surface area contributed by atoms with Crippen molar-refractivity contribution in [1.29, 1.82) is 0 Å². The summed E-state index contributed by atoms with van der Waals surface area (Å²) in [6.45, 7) is 0. The minimum absolute atomic E-state index is 0.131. The Kier molecular flexibility index (Phi) is 3.58. The van der Waals surface area contributed by atoms with Crippen molar-refractivity contribution in [3.05, 3.63) is 0 Å². The van der Waals surface area contributed by atoms with E-state index in [4.69, 9.17) is 0 Å². The largest absolute Gasteiger partial charge is 0.331 e. The Balaban J connectivity index is 2.45. The third-order valence-electron chi connectivity index (χ3n) is 2.81. The van der Waals surface area contributed by atoms with Gasteiger partial charge in [-0.2, -0.15) is 0 Å².